The summed E-state index contributed by atoms with van der Waals surface area (Å²) < 4.78 is 11.1. The monoisotopic (exact) mass is 288 g/mol. The number of esters is 1. The maximum Gasteiger partial charge on any atom is 0.310 e. The molecule has 0 aliphatic rings. The highest BCUT2D eigenvalue weighted by Gasteiger charge is 2.21. The molecule has 0 atom stereocenters. The lowest BCUT2D eigenvalue weighted by Gasteiger charge is -2.18. The van der Waals surface area contributed by atoms with E-state index in [9.17, 15) is 9.90 Å². The maximum atomic E-state index is 11.7. The van der Waals surface area contributed by atoms with Crippen molar-refractivity contribution in [2.45, 2.75) is 33.6 Å². The number of fused-ring (bicyclic) bond motifs is 1. The molecule has 0 bridgehead atoms. The van der Waals surface area contributed by atoms with Gasteiger partial charge in [0.05, 0.1) is 6.61 Å². The first-order valence-corrected chi connectivity index (χ1v) is 7.23. The topological polar surface area (TPSA) is 55.8 Å². The van der Waals surface area contributed by atoms with Crippen LogP contribution in [-0.4, -0.2) is 17.7 Å². The number of hydrogen-bond acceptors (Lipinski definition) is 4. The summed E-state index contributed by atoms with van der Waals surface area (Å²) >= 11 is 0. The van der Waals surface area contributed by atoms with Gasteiger partial charge in [0.2, 0.25) is 0 Å². The van der Waals surface area contributed by atoms with Crippen molar-refractivity contribution >= 4 is 16.7 Å². The summed E-state index contributed by atoms with van der Waals surface area (Å²) in [6.45, 7) is 5.97. The highest BCUT2D eigenvalue weighted by atomic mass is 16.5. The molecular formula is C17H20O4. The average Bonchev–Trinajstić information content (AvgIpc) is 2.52. The van der Waals surface area contributed by atoms with Gasteiger partial charge in [0.1, 0.15) is 5.75 Å². The summed E-state index contributed by atoms with van der Waals surface area (Å²) in [6, 6.07) is 7.30. The Balaban J connectivity index is 2.77. The lowest BCUT2D eigenvalue weighted by Crippen LogP contribution is -2.09. The molecule has 0 amide bonds. The van der Waals surface area contributed by atoms with Gasteiger partial charge in [-0.15, -0.1) is 0 Å². The lowest BCUT2D eigenvalue weighted by molar-refractivity contribution is -0.133. The minimum absolute atomic E-state index is 0.0978. The molecule has 4 nitrogen and oxygen atoms in total. The van der Waals surface area contributed by atoms with Crippen LogP contribution in [-0.2, 0) is 11.2 Å². The molecular weight excluding hydrogens is 268 g/mol. The van der Waals surface area contributed by atoms with E-state index in [1.165, 1.54) is 0 Å². The first-order valence-electron chi connectivity index (χ1n) is 7.23. The smallest absolute Gasteiger partial charge is 0.310 e. The maximum absolute atomic E-state index is 11.7. The van der Waals surface area contributed by atoms with E-state index in [2.05, 4.69) is 0 Å². The zero-order chi connectivity index (χ0) is 15.4. The summed E-state index contributed by atoms with van der Waals surface area (Å²) in [5, 5.41) is 11.8. The highest BCUT2D eigenvalue weighted by Crippen LogP contribution is 2.45. The van der Waals surface area contributed by atoms with E-state index >= 15 is 0 Å². The zero-order valence-corrected chi connectivity index (χ0v) is 12.6. The Hall–Kier alpha value is -2.23. The largest absolute Gasteiger partial charge is 0.504 e. The normalized spacial score (nSPS) is 10.6. The van der Waals surface area contributed by atoms with Crippen LogP contribution in [0.3, 0.4) is 0 Å². The van der Waals surface area contributed by atoms with Crippen molar-refractivity contribution in [2.75, 3.05) is 6.61 Å². The summed E-state index contributed by atoms with van der Waals surface area (Å²) in [5.74, 6) is 0.683. The van der Waals surface area contributed by atoms with E-state index in [0.29, 0.717) is 36.3 Å². The van der Waals surface area contributed by atoms with Crippen LogP contribution in [0.25, 0.3) is 10.8 Å². The Labute approximate surface area is 124 Å². The first-order chi connectivity index (χ1) is 10.1. The number of ether oxygens (including phenoxy) is 2. The molecule has 112 valence electrons. The van der Waals surface area contributed by atoms with Gasteiger partial charge in [-0.25, -0.2) is 0 Å². The zero-order valence-electron chi connectivity index (χ0n) is 12.6. The standard InChI is InChI=1S/C17H20O4/c1-4-11-16(21-14(18)5-2)13-10-8-7-9-12(13)15(19)17(11)20-6-3/h7-10,19H,4-6H2,1-3H3. The molecule has 2 aromatic rings. The fourth-order valence-electron chi connectivity index (χ4n) is 2.34. The molecule has 0 aromatic heterocycles. The van der Waals surface area contributed by atoms with E-state index in [0.717, 1.165) is 10.9 Å². The molecule has 4 heteroatoms. The van der Waals surface area contributed by atoms with Crippen molar-refractivity contribution in [1.82, 2.24) is 0 Å². The fraction of sp³-hybridized carbons (Fsp3) is 0.353. The molecule has 2 rings (SSSR count). The highest BCUT2D eigenvalue weighted by molar-refractivity contribution is 5.98. The van der Waals surface area contributed by atoms with Crippen LogP contribution in [0.15, 0.2) is 24.3 Å². The summed E-state index contributed by atoms with van der Waals surface area (Å²) in [5.41, 5.74) is 0.717. The third-order valence-electron chi connectivity index (χ3n) is 3.34. The number of benzene rings is 2. The third kappa shape index (κ3) is 2.79. The molecule has 0 aliphatic heterocycles. The van der Waals surface area contributed by atoms with Crippen molar-refractivity contribution in [1.29, 1.82) is 0 Å². The minimum Gasteiger partial charge on any atom is -0.504 e. The van der Waals surface area contributed by atoms with Crippen LogP contribution in [0.2, 0.25) is 0 Å². The fourth-order valence-corrected chi connectivity index (χ4v) is 2.34. The molecule has 0 fully saturated rings. The number of carbonyl (C=O) groups excluding carboxylic acids is 1. The molecule has 0 aliphatic carbocycles. The third-order valence-corrected chi connectivity index (χ3v) is 3.34. The summed E-state index contributed by atoms with van der Waals surface area (Å²) in [4.78, 5) is 11.7. The minimum atomic E-state index is -0.303. The Morgan fingerprint density at radius 3 is 2.33 bits per heavy atom. The Bertz CT molecular complexity index is 661. The van der Waals surface area contributed by atoms with Gasteiger partial charge >= 0.3 is 5.97 Å². The molecule has 0 heterocycles. The van der Waals surface area contributed by atoms with Gasteiger partial charge in [0.25, 0.3) is 0 Å². The molecule has 0 saturated heterocycles. The van der Waals surface area contributed by atoms with Crippen molar-refractivity contribution in [3.05, 3.63) is 29.8 Å². The van der Waals surface area contributed by atoms with Gasteiger partial charge in [-0.05, 0) is 13.3 Å². The van der Waals surface area contributed by atoms with E-state index in [1.807, 2.05) is 32.0 Å². The first kappa shape index (κ1) is 15.2. The Morgan fingerprint density at radius 1 is 1.10 bits per heavy atom. The molecule has 0 spiro atoms. The lowest BCUT2D eigenvalue weighted by atomic mass is 10.0. The van der Waals surface area contributed by atoms with Crippen LogP contribution in [0.5, 0.6) is 17.2 Å². The summed E-state index contributed by atoms with van der Waals surface area (Å²) in [6.07, 6.45) is 0.891. The summed E-state index contributed by atoms with van der Waals surface area (Å²) in [7, 11) is 0. The molecule has 0 radical (unpaired) electrons. The van der Waals surface area contributed by atoms with Gasteiger partial charge in [-0.3, -0.25) is 4.79 Å². The number of rotatable bonds is 5. The van der Waals surface area contributed by atoms with Gasteiger partial charge in [0, 0.05) is 22.8 Å². The second kappa shape index (κ2) is 6.48. The van der Waals surface area contributed by atoms with Gasteiger partial charge in [-0.1, -0.05) is 38.1 Å². The van der Waals surface area contributed by atoms with Crippen LogP contribution in [0, 0.1) is 0 Å². The molecule has 21 heavy (non-hydrogen) atoms. The number of phenolic OH excluding ortho intramolecular Hbond substituents is 1. The molecule has 0 unspecified atom stereocenters. The van der Waals surface area contributed by atoms with Crippen LogP contribution < -0.4 is 9.47 Å². The Morgan fingerprint density at radius 2 is 1.76 bits per heavy atom. The van der Waals surface area contributed by atoms with E-state index in [4.69, 9.17) is 9.47 Å². The van der Waals surface area contributed by atoms with Gasteiger partial charge in [-0.2, -0.15) is 0 Å². The predicted octanol–water partition coefficient (Wildman–Crippen LogP) is 3.82. The van der Waals surface area contributed by atoms with Crippen LogP contribution >= 0.6 is 0 Å². The molecule has 1 N–H and O–H groups in total. The Kier molecular flexibility index (Phi) is 4.68. The van der Waals surface area contributed by atoms with E-state index in [1.54, 1.807) is 13.0 Å². The SMILES string of the molecule is CCOc1c(CC)c(OC(=O)CC)c2ccccc2c1O. The second-order valence-corrected chi connectivity index (χ2v) is 4.65. The van der Waals surface area contributed by atoms with Crippen LogP contribution in [0.1, 0.15) is 32.8 Å². The van der Waals surface area contributed by atoms with E-state index in [-0.39, 0.29) is 11.7 Å². The number of phenols is 1. The quantitative estimate of drug-likeness (QED) is 0.671. The van der Waals surface area contributed by atoms with Gasteiger partial charge < -0.3 is 14.6 Å². The van der Waals surface area contributed by atoms with Crippen molar-refractivity contribution in [2.24, 2.45) is 0 Å². The van der Waals surface area contributed by atoms with Gasteiger partial charge in [0.15, 0.2) is 11.5 Å². The number of hydrogen-bond donors (Lipinski definition) is 1. The predicted molar refractivity (Wildman–Crippen MR) is 82.1 cm³/mol. The van der Waals surface area contributed by atoms with Crippen molar-refractivity contribution in [3.8, 4) is 17.2 Å². The second-order valence-electron chi connectivity index (χ2n) is 4.65. The number of carbonyl (C=O) groups is 1. The van der Waals surface area contributed by atoms with Crippen molar-refractivity contribution in [3.63, 3.8) is 0 Å². The number of aromatic hydroxyl groups is 1. The molecule has 0 saturated carbocycles. The molecule has 2 aromatic carbocycles. The van der Waals surface area contributed by atoms with Crippen molar-refractivity contribution < 1.29 is 19.4 Å². The average molecular weight is 288 g/mol. The van der Waals surface area contributed by atoms with Crippen LogP contribution in [0.4, 0.5) is 0 Å². The van der Waals surface area contributed by atoms with E-state index < -0.39 is 0 Å².